The molecular weight excluding hydrogens is 520 g/mol. The number of hydrogen-bond donors (Lipinski definition) is 0. The summed E-state index contributed by atoms with van der Waals surface area (Å²) in [4.78, 5) is 0. The third-order valence-electron chi connectivity index (χ3n) is 7.57. The Bertz CT molecular complexity index is 3430. The monoisotopic (exact) mass is 564 g/mol. The van der Waals surface area contributed by atoms with Gasteiger partial charge in [0.25, 0.3) is 0 Å². The van der Waals surface area contributed by atoms with E-state index < -0.39 is 114 Å². The SMILES string of the molecule is [2H]c1c([2H])c([2H])c(-c2c([2H])c([2H])c([2H])c3oc4c([2H])c([2H])c([2H])c(-c5c6ccccc6c(-c6c([2H])c([2H])c7c([2H])c([2H])c([2H])c([2H])c7c6[2H])c6ccccc56)c4c23)c([2H])c1[2H]. The van der Waals surface area contributed by atoms with Gasteiger partial charge in [0, 0.05) is 10.8 Å². The highest BCUT2D eigenvalue weighted by Crippen LogP contribution is 2.48. The van der Waals surface area contributed by atoms with E-state index in [0.717, 1.165) is 0 Å². The Labute approximate surface area is 274 Å². The molecule has 9 aromatic rings. The van der Waals surface area contributed by atoms with Gasteiger partial charge in [-0.1, -0.05) is 139 Å². The predicted octanol–water partition coefficient (Wildman–Crippen LogP) is 12.0. The molecule has 0 saturated heterocycles. The summed E-state index contributed by atoms with van der Waals surface area (Å²) < 4.78 is 165. The van der Waals surface area contributed by atoms with Crippen molar-refractivity contribution in [2.75, 3.05) is 0 Å². The zero-order chi connectivity index (χ0) is 44.0. The van der Waals surface area contributed by atoms with Crippen molar-refractivity contribution in [1.29, 1.82) is 0 Å². The van der Waals surface area contributed by atoms with Crippen LogP contribution < -0.4 is 0 Å². The minimum absolute atomic E-state index is 0.0650. The highest BCUT2D eigenvalue weighted by atomic mass is 16.3. The highest BCUT2D eigenvalue weighted by Gasteiger charge is 2.21. The summed E-state index contributed by atoms with van der Waals surface area (Å²) in [6.45, 7) is 0. The van der Waals surface area contributed by atoms with Gasteiger partial charge in [0.15, 0.2) is 0 Å². The zero-order valence-corrected chi connectivity index (χ0v) is 22.0. The van der Waals surface area contributed by atoms with Gasteiger partial charge < -0.3 is 4.42 Å². The average Bonchev–Trinajstić information content (AvgIpc) is 3.65. The molecule has 0 unspecified atom stereocenters. The van der Waals surface area contributed by atoms with E-state index in [0.29, 0.717) is 21.5 Å². The average molecular weight is 565 g/mol. The van der Waals surface area contributed by atoms with Crippen molar-refractivity contribution in [3.63, 3.8) is 0 Å². The first-order chi connectivity index (χ1) is 28.8. The van der Waals surface area contributed by atoms with Crippen molar-refractivity contribution in [1.82, 2.24) is 0 Å². The molecule has 0 atom stereocenters. The Morgan fingerprint density at radius 2 is 0.977 bits per heavy atom. The van der Waals surface area contributed by atoms with E-state index in [1.165, 1.54) is 0 Å². The Morgan fingerprint density at radius 3 is 1.65 bits per heavy atom. The van der Waals surface area contributed by atoms with Crippen LogP contribution in [0.5, 0.6) is 0 Å². The second-order valence-electron chi connectivity index (χ2n) is 9.85. The van der Waals surface area contributed by atoms with Crippen molar-refractivity contribution in [3.05, 3.63) is 157 Å². The van der Waals surface area contributed by atoms with Gasteiger partial charge in [0.2, 0.25) is 0 Å². The fourth-order valence-electron chi connectivity index (χ4n) is 5.83. The molecule has 1 aromatic heterocycles. The molecule has 0 spiro atoms. The largest absolute Gasteiger partial charge is 0.456 e. The Kier molecular flexibility index (Phi) is 2.70. The maximum absolute atomic E-state index is 9.52. The first-order valence-corrected chi connectivity index (χ1v) is 13.3. The van der Waals surface area contributed by atoms with E-state index in [2.05, 4.69) is 0 Å². The zero-order valence-electron chi connectivity index (χ0n) is 40.0. The first kappa shape index (κ1) is 12.3. The van der Waals surface area contributed by atoms with Crippen LogP contribution in [0.1, 0.15) is 24.7 Å². The molecule has 43 heavy (non-hydrogen) atoms. The second-order valence-corrected chi connectivity index (χ2v) is 9.85. The third-order valence-corrected chi connectivity index (χ3v) is 7.57. The van der Waals surface area contributed by atoms with Gasteiger partial charge in [-0.2, -0.15) is 0 Å². The molecule has 200 valence electrons. The first-order valence-electron chi connectivity index (χ1n) is 22.3. The van der Waals surface area contributed by atoms with Crippen LogP contribution in [0.2, 0.25) is 0 Å². The van der Waals surface area contributed by atoms with Gasteiger partial charge in [-0.3, -0.25) is 0 Å². The molecule has 0 aliphatic rings. The fourth-order valence-corrected chi connectivity index (χ4v) is 5.83. The van der Waals surface area contributed by atoms with Crippen LogP contribution in [0.15, 0.2) is 162 Å². The van der Waals surface area contributed by atoms with Crippen LogP contribution in [0.3, 0.4) is 0 Å². The summed E-state index contributed by atoms with van der Waals surface area (Å²) in [5.74, 6) is 0. The summed E-state index contributed by atoms with van der Waals surface area (Å²) in [5.41, 5.74) is -1.26. The standard InChI is InChI=1S/C42H26O/c1-2-13-28(14-3-1)31-20-10-22-37-41(31)42-36(21-11-23-38(42)43-37)40-34-18-8-6-16-32(34)39(33-17-7-9-19-35(33)40)30-25-24-27-12-4-5-15-29(27)26-30/h1-26H/i1D,2D,3D,4D,5D,10D,11D,12D,13D,14D,15D,20D,21D,22D,23D,24D,25D,26D. The van der Waals surface area contributed by atoms with Crippen molar-refractivity contribution >= 4 is 54.3 Å². The van der Waals surface area contributed by atoms with Gasteiger partial charge >= 0.3 is 0 Å². The quantitative estimate of drug-likeness (QED) is 0.195. The number of furan rings is 1. The van der Waals surface area contributed by atoms with Crippen molar-refractivity contribution < 1.29 is 29.1 Å². The Balaban J connectivity index is 1.54. The van der Waals surface area contributed by atoms with E-state index in [-0.39, 0.29) is 60.5 Å². The summed E-state index contributed by atoms with van der Waals surface area (Å²) in [7, 11) is 0. The molecule has 0 radical (unpaired) electrons. The van der Waals surface area contributed by atoms with Crippen molar-refractivity contribution in [2.24, 2.45) is 0 Å². The lowest BCUT2D eigenvalue weighted by atomic mass is 9.84. The molecule has 0 aliphatic carbocycles. The number of benzene rings is 8. The molecule has 1 nitrogen and oxygen atoms in total. The van der Waals surface area contributed by atoms with Crippen LogP contribution in [-0.2, 0) is 0 Å². The van der Waals surface area contributed by atoms with Gasteiger partial charge in [-0.15, -0.1) is 0 Å². The molecule has 0 fully saturated rings. The van der Waals surface area contributed by atoms with Crippen LogP contribution in [0.4, 0.5) is 0 Å². The van der Waals surface area contributed by atoms with Crippen LogP contribution in [-0.4, -0.2) is 0 Å². The predicted molar refractivity (Wildman–Crippen MR) is 183 cm³/mol. The number of hydrogen-bond acceptors (Lipinski definition) is 1. The molecule has 0 aliphatic heterocycles. The molecule has 1 heterocycles. The lowest BCUT2D eigenvalue weighted by Crippen LogP contribution is -1.91. The normalized spacial score (nSPS) is 17.6. The van der Waals surface area contributed by atoms with Gasteiger partial charge in [0.1, 0.15) is 11.2 Å². The van der Waals surface area contributed by atoms with Crippen LogP contribution >= 0.6 is 0 Å². The summed E-state index contributed by atoms with van der Waals surface area (Å²) in [6.07, 6.45) is 0. The van der Waals surface area contributed by atoms with E-state index in [4.69, 9.17) is 25.0 Å². The Hall–Kier alpha value is -5.66. The molecule has 0 saturated carbocycles. The molecule has 1 heteroatoms. The van der Waals surface area contributed by atoms with Gasteiger partial charge in [-0.25, -0.2) is 0 Å². The Morgan fingerprint density at radius 1 is 0.419 bits per heavy atom. The summed E-state index contributed by atoms with van der Waals surface area (Å²) in [6, 6.07) is 2.25. The topological polar surface area (TPSA) is 13.1 Å². The van der Waals surface area contributed by atoms with Crippen molar-refractivity contribution in [3.8, 4) is 33.4 Å². The summed E-state index contributed by atoms with van der Waals surface area (Å²) in [5, 5.41) is 0.546. The molecule has 0 bridgehead atoms. The summed E-state index contributed by atoms with van der Waals surface area (Å²) >= 11 is 0. The maximum atomic E-state index is 9.52. The van der Waals surface area contributed by atoms with E-state index in [1.54, 1.807) is 48.5 Å². The molecule has 0 amide bonds. The fraction of sp³-hybridized carbons (Fsp3) is 0. The molecule has 9 rings (SSSR count). The van der Waals surface area contributed by atoms with Crippen molar-refractivity contribution in [2.45, 2.75) is 0 Å². The van der Waals surface area contributed by atoms with Gasteiger partial charge in [-0.05, 0) is 83.8 Å². The molecule has 8 aromatic carbocycles. The lowest BCUT2D eigenvalue weighted by Gasteiger charge is -2.18. The maximum Gasteiger partial charge on any atom is 0.136 e. The lowest BCUT2D eigenvalue weighted by molar-refractivity contribution is 0.669. The smallest absolute Gasteiger partial charge is 0.136 e. The van der Waals surface area contributed by atoms with E-state index in [9.17, 15) is 4.11 Å². The van der Waals surface area contributed by atoms with E-state index >= 15 is 0 Å². The van der Waals surface area contributed by atoms with Gasteiger partial charge in [0.05, 0.1) is 24.7 Å². The minimum atomic E-state index is -0.732. The second kappa shape index (κ2) is 9.44. The van der Waals surface area contributed by atoms with Crippen LogP contribution in [0, 0.1) is 0 Å². The molecular formula is C42H26O. The highest BCUT2D eigenvalue weighted by molar-refractivity contribution is 6.27. The minimum Gasteiger partial charge on any atom is -0.456 e. The molecule has 0 N–H and O–H groups in total. The number of rotatable bonds is 3. The third kappa shape index (κ3) is 3.65. The van der Waals surface area contributed by atoms with Crippen LogP contribution in [0.25, 0.3) is 87.6 Å². The number of fused-ring (bicyclic) bond motifs is 6. The van der Waals surface area contributed by atoms with E-state index in [1.807, 2.05) is 0 Å².